The third-order valence-electron chi connectivity index (χ3n) is 3.00. The minimum absolute atomic E-state index is 0.00972. The number of amides is 1. The molecule has 0 aromatic carbocycles. The number of ether oxygens (including phenoxy) is 1. The fraction of sp³-hybridized carbons (Fsp3) is 0.727. The number of carbonyl (C=O) groups is 1. The average Bonchev–Trinajstić information content (AvgIpc) is 2.30. The second-order valence-electron chi connectivity index (χ2n) is 4.04. The van der Waals surface area contributed by atoms with Crippen LogP contribution in [0.4, 0.5) is 0 Å². The zero-order valence-electron chi connectivity index (χ0n) is 8.87. The fourth-order valence-electron chi connectivity index (χ4n) is 2.08. The van der Waals surface area contributed by atoms with E-state index in [9.17, 15) is 9.90 Å². The van der Waals surface area contributed by atoms with Gasteiger partial charge in [0.05, 0.1) is 18.8 Å². The summed E-state index contributed by atoms with van der Waals surface area (Å²) in [5, 5.41) is 9.67. The van der Waals surface area contributed by atoms with Gasteiger partial charge in [-0.25, -0.2) is 0 Å². The molecule has 1 aliphatic carbocycles. The minimum atomic E-state index is 0.00972. The molecule has 0 atom stereocenters. The van der Waals surface area contributed by atoms with Crippen molar-refractivity contribution in [2.75, 3.05) is 26.3 Å². The van der Waals surface area contributed by atoms with Gasteiger partial charge >= 0.3 is 0 Å². The summed E-state index contributed by atoms with van der Waals surface area (Å²) in [5.74, 6) is 0.313. The van der Waals surface area contributed by atoms with Gasteiger partial charge in [0.1, 0.15) is 5.76 Å². The third-order valence-corrected chi connectivity index (χ3v) is 3.00. The van der Waals surface area contributed by atoms with Crippen LogP contribution in [0.5, 0.6) is 0 Å². The lowest BCUT2D eigenvalue weighted by atomic mass is 9.96. The van der Waals surface area contributed by atoms with E-state index in [0.717, 1.165) is 19.3 Å². The van der Waals surface area contributed by atoms with Crippen molar-refractivity contribution < 1.29 is 14.6 Å². The quantitative estimate of drug-likeness (QED) is 0.709. The molecule has 84 valence electrons. The summed E-state index contributed by atoms with van der Waals surface area (Å²) in [7, 11) is 0. The number of allylic oxidation sites excluding steroid dienone is 1. The van der Waals surface area contributed by atoms with Crippen molar-refractivity contribution in [2.24, 2.45) is 0 Å². The monoisotopic (exact) mass is 211 g/mol. The van der Waals surface area contributed by atoms with Gasteiger partial charge in [-0.1, -0.05) is 0 Å². The third kappa shape index (κ3) is 2.31. The van der Waals surface area contributed by atoms with Gasteiger partial charge < -0.3 is 14.7 Å². The van der Waals surface area contributed by atoms with Crippen LogP contribution in [0.25, 0.3) is 0 Å². The normalized spacial score (nSPS) is 23.1. The van der Waals surface area contributed by atoms with Crippen LogP contribution >= 0.6 is 0 Å². The van der Waals surface area contributed by atoms with E-state index in [1.54, 1.807) is 4.90 Å². The molecule has 1 heterocycles. The molecule has 0 aromatic heterocycles. The maximum atomic E-state index is 12.0. The number of aliphatic hydroxyl groups excluding tert-OH is 1. The lowest BCUT2D eigenvalue weighted by molar-refractivity contribution is -0.131. The highest BCUT2D eigenvalue weighted by molar-refractivity contribution is 5.94. The molecule has 15 heavy (non-hydrogen) atoms. The van der Waals surface area contributed by atoms with E-state index < -0.39 is 0 Å². The average molecular weight is 211 g/mol. The van der Waals surface area contributed by atoms with E-state index in [0.29, 0.717) is 44.1 Å². The Bertz CT molecular complexity index is 280. The highest BCUT2D eigenvalue weighted by Gasteiger charge is 2.24. The molecule has 0 unspecified atom stereocenters. The van der Waals surface area contributed by atoms with Gasteiger partial charge in [-0.15, -0.1) is 0 Å². The highest BCUT2D eigenvalue weighted by atomic mass is 16.5. The first-order valence-electron chi connectivity index (χ1n) is 5.57. The summed E-state index contributed by atoms with van der Waals surface area (Å²) >= 11 is 0. The van der Waals surface area contributed by atoms with Gasteiger partial charge in [0.15, 0.2) is 0 Å². The molecule has 0 spiro atoms. The number of hydrogen-bond acceptors (Lipinski definition) is 3. The van der Waals surface area contributed by atoms with Crippen LogP contribution in [0.3, 0.4) is 0 Å². The molecule has 2 aliphatic rings. The van der Waals surface area contributed by atoms with Gasteiger partial charge in [0.2, 0.25) is 0 Å². The topological polar surface area (TPSA) is 49.8 Å². The van der Waals surface area contributed by atoms with Crippen molar-refractivity contribution in [1.29, 1.82) is 0 Å². The zero-order valence-corrected chi connectivity index (χ0v) is 8.87. The molecule has 0 saturated carbocycles. The molecule has 4 heteroatoms. The molecule has 1 N–H and O–H groups in total. The molecule has 1 aliphatic heterocycles. The maximum absolute atomic E-state index is 12.0. The first kappa shape index (κ1) is 10.5. The van der Waals surface area contributed by atoms with Crippen LogP contribution in [0.15, 0.2) is 11.3 Å². The van der Waals surface area contributed by atoms with Crippen molar-refractivity contribution in [3.8, 4) is 0 Å². The number of aliphatic hydroxyl groups is 1. The Hall–Kier alpha value is -1.03. The van der Waals surface area contributed by atoms with Crippen LogP contribution in [0.1, 0.15) is 25.7 Å². The zero-order chi connectivity index (χ0) is 10.7. The Morgan fingerprint density at radius 3 is 2.53 bits per heavy atom. The van der Waals surface area contributed by atoms with Gasteiger partial charge in [0.25, 0.3) is 5.91 Å². The molecular weight excluding hydrogens is 194 g/mol. The van der Waals surface area contributed by atoms with E-state index in [-0.39, 0.29) is 5.91 Å². The Morgan fingerprint density at radius 2 is 1.87 bits per heavy atom. The molecule has 4 nitrogen and oxygen atoms in total. The molecule has 0 radical (unpaired) electrons. The van der Waals surface area contributed by atoms with Crippen molar-refractivity contribution in [3.63, 3.8) is 0 Å². The Labute approximate surface area is 89.5 Å². The van der Waals surface area contributed by atoms with Crippen molar-refractivity contribution in [2.45, 2.75) is 25.7 Å². The first-order chi connectivity index (χ1) is 7.29. The summed E-state index contributed by atoms with van der Waals surface area (Å²) in [4.78, 5) is 13.8. The van der Waals surface area contributed by atoms with Crippen LogP contribution < -0.4 is 0 Å². The Morgan fingerprint density at radius 1 is 1.20 bits per heavy atom. The molecule has 2 rings (SSSR count). The van der Waals surface area contributed by atoms with Crippen LogP contribution in [-0.2, 0) is 9.53 Å². The van der Waals surface area contributed by atoms with Gasteiger partial charge in [-0.05, 0) is 19.3 Å². The maximum Gasteiger partial charge on any atom is 0.253 e. The second kappa shape index (κ2) is 4.66. The van der Waals surface area contributed by atoms with E-state index >= 15 is 0 Å². The van der Waals surface area contributed by atoms with Crippen molar-refractivity contribution in [1.82, 2.24) is 4.90 Å². The summed E-state index contributed by atoms with van der Waals surface area (Å²) < 4.78 is 5.19. The van der Waals surface area contributed by atoms with E-state index in [1.807, 2.05) is 0 Å². The Kier molecular flexibility index (Phi) is 3.26. The highest BCUT2D eigenvalue weighted by Crippen LogP contribution is 2.24. The summed E-state index contributed by atoms with van der Waals surface area (Å²) in [5.41, 5.74) is 0.628. The Balaban J connectivity index is 2.05. The molecule has 1 amide bonds. The standard InChI is InChI=1S/C11H17NO3/c13-10-4-2-1-3-9(10)11(14)12-5-7-15-8-6-12/h13H,1-8H2. The minimum Gasteiger partial charge on any atom is -0.512 e. The van der Waals surface area contributed by atoms with E-state index in [1.165, 1.54) is 0 Å². The largest absolute Gasteiger partial charge is 0.512 e. The van der Waals surface area contributed by atoms with Crippen molar-refractivity contribution >= 4 is 5.91 Å². The van der Waals surface area contributed by atoms with E-state index in [2.05, 4.69) is 0 Å². The van der Waals surface area contributed by atoms with Gasteiger partial charge in [-0.3, -0.25) is 4.79 Å². The number of morpholine rings is 1. The molecule has 1 fully saturated rings. The second-order valence-corrected chi connectivity index (χ2v) is 4.04. The molecule has 0 aromatic rings. The van der Waals surface area contributed by atoms with Crippen LogP contribution in [0, 0.1) is 0 Å². The summed E-state index contributed by atoms with van der Waals surface area (Å²) in [6.07, 6.45) is 3.38. The molecule has 1 saturated heterocycles. The van der Waals surface area contributed by atoms with Crippen LogP contribution in [0.2, 0.25) is 0 Å². The van der Waals surface area contributed by atoms with E-state index in [4.69, 9.17) is 4.74 Å². The lowest BCUT2D eigenvalue weighted by Crippen LogP contribution is -2.41. The number of nitrogens with zero attached hydrogens (tertiary/aromatic N) is 1. The van der Waals surface area contributed by atoms with Gasteiger partial charge in [0, 0.05) is 19.5 Å². The number of carbonyl (C=O) groups excluding carboxylic acids is 1. The number of rotatable bonds is 1. The predicted molar refractivity (Wildman–Crippen MR) is 55.5 cm³/mol. The lowest BCUT2D eigenvalue weighted by Gasteiger charge is -2.29. The molecule has 0 bridgehead atoms. The van der Waals surface area contributed by atoms with Crippen molar-refractivity contribution in [3.05, 3.63) is 11.3 Å². The fourth-order valence-corrected chi connectivity index (χ4v) is 2.08. The first-order valence-corrected chi connectivity index (χ1v) is 5.57. The van der Waals surface area contributed by atoms with Crippen LogP contribution in [-0.4, -0.2) is 42.2 Å². The smallest absolute Gasteiger partial charge is 0.253 e. The number of hydrogen-bond donors (Lipinski definition) is 1. The molecular formula is C11H17NO3. The summed E-state index contributed by atoms with van der Waals surface area (Å²) in [6, 6.07) is 0. The van der Waals surface area contributed by atoms with Gasteiger partial charge in [-0.2, -0.15) is 0 Å². The SMILES string of the molecule is O=C(C1=C(O)CCCC1)N1CCOCC1. The predicted octanol–water partition coefficient (Wildman–Crippen LogP) is 1.23. The summed E-state index contributed by atoms with van der Waals surface area (Å²) in [6.45, 7) is 2.52.